The first-order valence-electron chi connectivity index (χ1n) is 8.68. The third-order valence-corrected chi connectivity index (χ3v) is 5.59. The fourth-order valence-electron chi connectivity index (χ4n) is 4.02. The molecule has 4 rings (SSSR count). The Balaban J connectivity index is 1.60. The minimum absolute atomic E-state index is 0.0684. The van der Waals surface area contributed by atoms with Crippen molar-refractivity contribution >= 4 is 11.6 Å². The molecule has 1 heterocycles. The van der Waals surface area contributed by atoms with Gasteiger partial charge in [0.1, 0.15) is 11.9 Å². The maximum Gasteiger partial charge on any atom is 0.140 e. The van der Waals surface area contributed by atoms with Gasteiger partial charge in [-0.05, 0) is 67.2 Å². The second-order valence-electron chi connectivity index (χ2n) is 6.85. The van der Waals surface area contributed by atoms with E-state index in [1.165, 1.54) is 17.5 Å². The maximum atomic E-state index is 6.42. The minimum atomic E-state index is 0.0684. The van der Waals surface area contributed by atoms with Gasteiger partial charge >= 0.3 is 0 Å². The summed E-state index contributed by atoms with van der Waals surface area (Å²) in [6, 6.07) is 16.7. The van der Waals surface area contributed by atoms with E-state index in [0.717, 1.165) is 36.8 Å². The molecular formula is C20H23ClN2O. The topological polar surface area (TPSA) is 38.5 Å². The van der Waals surface area contributed by atoms with E-state index in [4.69, 9.17) is 22.1 Å². The van der Waals surface area contributed by atoms with Gasteiger partial charge in [-0.1, -0.05) is 35.9 Å². The number of hydrogen-bond donors (Lipinski definition) is 1. The molecule has 3 nitrogen and oxygen atoms in total. The molecule has 2 aromatic rings. The normalized spacial score (nSPS) is 26.5. The molecule has 0 bridgehead atoms. The molecule has 0 amide bonds. The number of benzene rings is 2. The van der Waals surface area contributed by atoms with Crippen LogP contribution in [-0.4, -0.2) is 30.6 Å². The second-order valence-corrected chi connectivity index (χ2v) is 7.28. The monoisotopic (exact) mass is 342 g/mol. The lowest BCUT2D eigenvalue weighted by atomic mass is 10.1. The van der Waals surface area contributed by atoms with Crippen LogP contribution in [0.2, 0.25) is 5.02 Å². The summed E-state index contributed by atoms with van der Waals surface area (Å²) >= 11 is 6.00. The first-order chi connectivity index (χ1) is 11.7. The summed E-state index contributed by atoms with van der Waals surface area (Å²) in [4.78, 5) is 2.57. The third-order valence-electron chi connectivity index (χ3n) is 5.34. The van der Waals surface area contributed by atoms with E-state index in [1.807, 2.05) is 24.3 Å². The van der Waals surface area contributed by atoms with Crippen LogP contribution in [0, 0.1) is 5.92 Å². The average molecular weight is 343 g/mol. The first kappa shape index (κ1) is 15.9. The predicted octanol–water partition coefficient (Wildman–Crippen LogP) is 3.67. The summed E-state index contributed by atoms with van der Waals surface area (Å²) in [5, 5.41) is 0.732. The third kappa shape index (κ3) is 3.04. The van der Waals surface area contributed by atoms with Gasteiger partial charge in [0.05, 0.1) is 6.04 Å². The molecule has 1 fully saturated rings. The number of fused-ring (bicyclic) bond motifs is 1. The summed E-state index contributed by atoms with van der Waals surface area (Å²) in [7, 11) is 0. The molecule has 1 saturated heterocycles. The molecule has 2 aromatic carbocycles. The van der Waals surface area contributed by atoms with Gasteiger partial charge in [-0.2, -0.15) is 0 Å². The van der Waals surface area contributed by atoms with Crippen LogP contribution in [0.1, 0.15) is 23.7 Å². The number of ether oxygens (including phenoxy) is 1. The van der Waals surface area contributed by atoms with Crippen LogP contribution < -0.4 is 10.5 Å². The highest BCUT2D eigenvalue weighted by atomic mass is 35.5. The first-order valence-corrected chi connectivity index (χ1v) is 9.06. The highest BCUT2D eigenvalue weighted by Crippen LogP contribution is 2.39. The molecule has 0 spiro atoms. The quantitative estimate of drug-likeness (QED) is 0.921. The van der Waals surface area contributed by atoms with Crippen LogP contribution in [0.4, 0.5) is 0 Å². The molecule has 0 radical (unpaired) electrons. The SMILES string of the molecule is NC[C@@H]1CCN([C@@H]2Cc3ccccc3[C@H]2Oc2ccc(Cl)cc2)C1. The average Bonchev–Trinajstić information content (AvgIpc) is 3.22. The van der Waals surface area contributed by atoms with Gasteiger partial charge < -0.3 is 10.5 Å². The Morgan fingerprint density at radius 2 is 1.92 bits per heavy atom. The van der Waals surface area contributed by atoms with E-state index in [1.54, 1.807) is 0 Å². The van der Waals surface area contributed by atoms with Crippen LogP contribution in [0.3, 0.4) is 0 Å². The Hall–Kier alpha value is -1.55. The van der Waals surface area contributed by atoms with Crippen molar-refractivity contribution in [2.24, 2.45) is 11.7 Å². The molecule has 2 aliphatic rings. The standard InChI is InChI=1S/C20H23ClN2O/c21-16-5-7-17(8-6-16)24-20-18-4-2-1-3-15(18)11-19(20)23-10-9-14(12-22)13-23/h1-8,14,19-20H,9-13,22H2/t14-,19+,20+/m0/s1. The zero-order valence-electron chi connectivity index (χ0n) is 13.7. The number of nitrogens with two attached hydrogens (primary N) is 1. The Morgan fingerprint density at radius 3 is 2.67 bits per heavy atom. The number of rotatable bonds is 4. The van der Waals surface area contributed by atoms with Crippen LogP contribution in [0.25, 0.3) is 0 Å². The maximum absolute atomic E-state index is 6.42. The molecule has 0 saturated carbocycles. The van der Waals surface area contributed by atoms with Crippen LogP contribution in [-0.2, 0) is 6.42 Å². The highest BCUT2D eigenvalue weighted by Gasteiger charge is 2.40. The number of halogens is 1. The summed E-state index contributed by atoms with van der Waals surface area (Å²) in [5.74, 6) is 1.49. The molecule has 3 atom stereocenters. The van der Waals surface area contributed by atoms with Crippen molar-refractivity contribution in [2.75, 3.05) is 19.6 Å². The van der Waals surface area contributed by atoms with Crippen molar-refractivity contribution in [1.29, 1.82) is 0 Å². The summed E-state index contributed by atoms with van der Waals surface area (Å²) < 4.78 is 6.42. The van der Waals surface area contributed by atoms with Crippen molar-refractivity contribution in [3.05, 3.63) is 64.7 Å². The lowest BCUT2D eigenvalue weighted by Crippen LogP contribution is -2.39. The molecule has 1 aliphatic heterocycles. The fraction of sp³-hybridized carbons (Fsp3) is 0.400. The van der Waals surface area contributed by atoms with Gasteiger partial charge in [-0.25, -0.2) is 0 Å². The van der Waals surface area contributed by atoms with E-state index in [0.29, 0.717) is 12.0 Å². The Bertz CT molecular complexity index is 703. The minimum Gasteiger partial charge on any atom is -0.484 e. The zero-order valence-corrected chi connectivity index (χ0v) is 14.5. The second kappa shape index (κ2) is 6.75. The lowest BCUT2D eigenvalue weighted by Gasteiger charge is -2.30. The fourth-order valence-corrected chi connectivity index (χ4v) is 4.14. The molecule has 4 heteroatoms. The van der Waals surface area contributed by atoms with Gasteiger partial charge in [0.15, 0.2) is 0 Å². The number of hydrogen-bond acceptors (Lipinski definition) is 3. The van der Waals surface area contributed by atoms with Crippen molar-refractivity contribution in [3.8, 4) is 5.75 Å². The number of likely N-dealkylation sites (tertiary alicyclic amines) is 1. The van der Waals surface area contributed by atoms with Gasteiger partial charge in [0.2, 0.25) is 0 Å². The van der Waals surface area contributed by atoms with E-state index >= 15 is 0 Å². The summed E-state index contributed by atoms with van der Waals surface area (Å²) in [6.07, 6.45) is 2.31. The zero-order chi connectivity index (χ0) is 16.5. The van der Waals surface area contributed by atoms with E-state index in [9.17, 15) is 0 Å². The van der Waals surface area contributed by atoms with Crippen LogP contribution in [0.15, 0.2) is 48.5 Å². The lowest BCUT2D eigenvalue weighted by molar-refractivity contribution is 0.0917. The highest BCUT2D eigenvalue weighted by molar-refractivity contribution is 6.30. The van der Waals surface area contributed by atoms with Gasteiger partial charge in [0, 0.05) is 11.6 Å². The summed E-state index contributed by atoms with van der Waals surface area (Å²) in [5.41, 5.74) is 8.60. The van der Waals surface area contributed by atoms with Crippen molar-refractivity contribution in [2.45, 2.75) is 25.0 Å². The predicted molar refractivity (Wildman–Crippen MR) is 97.5 cm³/mol. The Kier molecular flexibility index (Phi) is 4.49. The van der Waals surface area contributed by atoms with E-state index in [-0.39, 0.29) is 6.10 Å². The van der Waals surface area contributed by atoms with Crippen molar-refractivity contribution in [3.63, 3.8) is 0 Å². The van der Waals surface area contributed by atoms with Crippen molar-refractivity contribution < 1.29 is 4.74 Å². The van der Waals surface area contributed by atoms with Crippen LogP contribution in [0.5, 0.6) is 5.75 Å². The molecule has 0 aromatic heterocycles. The molecule has 1 aliphatic carbocycles. The Labute approximate surface area is 148 Å². The molecular weight excluding hydrogens is 320 g/mol. The van der Waals surface area contributed by atoms with Gasteiger partial charge in [-0.15, -0.1) is 0 Å². The molecule has 126 valence electrons. The molecule has 2 N–H and O–H groups in total. The summed E-state index contributed by atoms with van der Waals surface area (Å²) in [6.45, 7) is 2.97. The number of nitrogens with zero attached hydrogens (tertiary/aromatic N) is 1. The van der Waals surface area contributed by atoms with E-state index < -0.39 is 0 Å². The van der Waals surface area contributed by atoms with Crippen LogP contribution >= 0.6 is 11.6 Å². The van der Waals surface area contributed by atoms with Gasteiger partial charge in [0.25, 0.3) is 0 Å². The van der Waals surface area contributed by atoms with Crippen molar-refractivity contribution in [1.82, 2.24) is 4.90 Å². The Morgan fingerprint density at radius 1 is 1.12 bits per heavy atom. The molecule has 0 unspecified atom stereocenters. The van der Waals surface area contributed by atoms with E-state index in [2.05, 4.69) is 29.2 Å². The van der Waals surface area contributed by atoms with Gasteiger partial charge in [-0.3, -0.25) is 4.90 Å². The largest absolute Gasteiger partial charge is 0.484 e. The smallest absolute Gasteiger partial charge is 0.140 e. The molecule has 24 heavy (non-hydrogen) atoms.